The first kappa shape index (κ1) is 29.7. The molecule has 8 nitrogen and oxygen atoms in total. The first-order valence-corrected chi connectivity index (χ1v) is 15.4. The standard InChI is InChI=1S/C30H44N4O4S/c1-23-17-24(2)30(25(3)18-23)39(36,37)34-20-27-10-7-6-9-26(27)19-28(34)21-38-22-29(35)33-15-13-32(14-16-33)12-8-11-31(4)5/h6-7,9-10,17-18,28H,8,11-16,19-22H2,1-5H3. The van der Waals surface area contributed by atoms with E-state index in [4.69, 9.17) is 4.74 Å². The summed E-state index contributed by atoms with van der Waals surface area (Å²) >= 11 is 0. The number of rotatable bonds is 10. The molecule has 0 aromatic heterocycles. The number of ether oxygens (including phenoxy) is 1. The van der Waals surface area contributed by atoms with Crippen LogP contribution in [0.3, 0.4) is 0 Å². The zero-order chi connectivity index (χ0) is 28.2. The monoisotopic (exact) mass is 556 g/mol. The van der Waals surface area contributed by atoms with Crippen LogP contribution in [0, 0.1) is 20.8 Å². The van der Waals surface area contributed by atoms with Crippen LogP contribution >= 0.6 is 0 Å². The highest BCUT2D eigenvalue weighted by atomic mass is 32.2. The number of carbonyl (C=O) groups is 1. The van der Waals surface area contributed by atoms with Gasteiger partial charge in [-0.15, -0.1) is 0 Å². The predicted octanol–water partition coefficient (Wildman–Crippen LogP) is 2.84. The van der Waals surface area contributed by atoms with Gasteiger partial charge < -0.3 is 14.5 Å². The van der Waals surface area contributed by atoms with Crippen LogP contribution in [0.4, 0.5) is 0 Å². The van der Waals surface area contributed by atoms with E-state index in [9.17, 15) is 13.2 Å². The largest absolute Gasteiger partial charge is 0.370 e. The molecule has 214 valence electrons. The SMILES string of the molecule is Cc1cc(C)c(S(=O)(=O)N2Cc3ccccc3CC2COCC(=O)N2CCN(CCCN(C)C)CC2)c(C)c1. The van der Waals surface area contributed by atoms with Gasteiger partial charge in [0.05, 0.1) is 17.5 Å². The Morgan fingerprint density at radius 2 is 1.64 bits per heavy atom. The summed E-state index contributed by atoms with van der Waals surface area (Å²) < 4.78 is 35.6. The molecule has 4 rings (SSSR count). The smallest absolute Gasteiger partial charge is 0.248 e. The number of fused-ring (bicyclic) bond motifs is 1. The Balaban J connectivity index is 1.40. The molecule has 9 heteroatoms. The maximum atomic E-state index is 14.0. The summed E-state index contributed by atoms with van der Waals surface area (Å²) in [7, 11) is 0.397. The summed E-state index contributed by atoms with van der Waals surface area (Å²) in [5.74, 6) is -0.0289. The highest BCUT2D eigenvalue weighted by Gasteiger charge is 2.37. The molecule has 1 saturated heterocycles. The summed E-state index contributed by atoms with van der Waals surface area (Å²) in [4.78, 5) is 19.8. The number of hydrogen-bond donors (Lipinski definition) is 0. The maximum Gasteiger partial charge on any atom is 0.248 e. The van der Waals surface area contributed by atoms with Crippen molar-refractivity contribution in [3.8, 4) is 0 Å². The van der Waals surface area contributed by atoms with Crippen LogP contribution in [0.2, 0.25) is 0 Å². The molecule has 0 N–H and O–H groups in total. The Morgan fingerprint density at radius 3 is 2.28 bits per heavy atom. The third-order valence-electron chi connectivity index (χ3n) is 7.82. The normalized spacial score (nSPS) is 18.9. The van der Waals surface area contributed by atoms with Crippen molar-refractivity contribution in [2.45, 2.75) is 51.1 Å². The molecule has 2 aromatic rings. The van der Waals surface area contributed by atoms with E-state index in [-0.39, 0.29) is 25.2 Å². The molecular formula is C30H44N4O4S. The third kappa shape index (κ3) is 7.27. The van der Waals surface area contributed by atoms with Gasteiger partial charge in [-0.1, -0.05) is 42.0 Å². The second-order valence-electron chi connectivity index (χ2n) is 11.3. The quantitative estimate of drug-likeness (QED) is 0.448. The van der Waals surface area contributed by atoms with Gasteiger partial charge in [-0.25, -0.2) is 8.42 Å². The van der Waals surface area contributed by atoms with Crippen molar-refractivity contribution in [1.29, 1.82) is 0 Å². The first-order chi connectivity index (χ1) is 18.6. The molecule has 0 bridgehead atoms. The molecular weight excluding hydrogens is 512 g/mol. The van der Waals surface area contributed by atoms with Crippen molar-refractivity contribution >= 4 is 15.9 Å². The van der Waals surface area contributed by atoms with Crippen LogP contribution in [0.5, 0.6) is 0 Å². The molecule has 0 radical (unpaired) electrons. The molecule has 2 aromatic carbocycles. The fraction of sp³-hybridized carbons (Fsp3) is 0.567. The molecule has 1 atom stereocenters. The van der Waals surface area contributed by atoms with Crippen LogP contribution in [0.15, 0.2) is 41.3 Å². The minimum absolute atomic E-state index is 0.0289. The average molecular weight is 557 g/mol. The Labute approximate surface area is 234 Å². The zero-order valence-electron chi connectivity index (χ0n) is 24.1. The number of amides is 1. The van der Waals surface area contributed by atoms with Crippen molar-refractivity contribution in [2.75, 3.05) is 66.6 Å². The topological polar surface area (TPSA) is 73.4 Å². The minimum atomic E-state index is -3.77. The molecule has 0 aliphatic carbocycles. The van der Waals surface area contributed by atoms with E-state index in [1.807, 2.05) is 56.0 Å². The maximum absolute atomic E-state index is 14.0. The van der Waals surface area contributed by atoms with E-state index >= 15 is 0 Å². The average Bonchev–Trinajstić information content (AvgIpc) is 2.87. The molecule has 1 unspecified atom stereocenters. The Hall–Kier alpha value is -2.30. The number of hydrogen-bond acceptors (Lipinski definition) is 6. The highest BCUT2D eigenvalue weighted by Crippen LogP contribution is 2.32. The molecule has 1 amide bonds. The van der Waals surface area contributed by atoms with E-state index in [0.29, 0.717) is 31.0 Å². The van der Waals surface area contributed by atoms with Gasteiger partial charge in [-0.3, -0.25) is 9.69 Å². The number of carbonyl (C=O) groups excluding carboxylic acids is 1. The molecule has 2 heterocycles. The molecule has 39 heavy (non-hydrogen) atoms. The summed E-state index contributed by atoms with van der Waals surface area (Å²) in [6, 6.07) is 11.4. The van der Waals surface area contributed by atoms with E-state index in [2.05, 4.69) is 30.0 Å². The molecule has 0 saturated carbocycles. The Kier molecular flexibility index (Phi) is 9.82. The fourth-order valence-electron chi connectivity index (χ4n) is 5.88. The number of sulfonamides is 1. The predicted molar refractivity (Wildman–Crippen MR) is 154 cm³/mol. The van der Waals surface area contributed by atoms with E-state index in [1.165, 1.54) is 0 Å². The van der Waals surface area contributed by atoms with E-state index < -0.39 is 10.0 Å². The molecule has 1 fully saturated rings. The van der Waals surface area contributed by atoms with Gasteiger partial charge in [0.1, 0.15) is 6.61 Å². The summed E-state index contributed by atoms with van der Waals surface area (Å²) in [5.41, 5.74) is 4.69. The summed E-state index contributed by atoms with van der Waals surface area (Å²) in [5, 5.41) is 0. The lowest BCUT2D eigenvalue weighted by Gasteiger charge is -2.37. The second kappa shape index (κ2) is 12.9. The van der Waals surface area contributed by atoms with Crippen LogP contribution in [0.25, 0.3) is 0 Å². The van der Waals surface area contributed by atoms with Gasteiger partial charge in [0, 0.05) is 32.7 Å². The number of benzene rings is 2. The first-order valence-electron chi connectivity index (χ1n) is 14.0. The number of piperazine rings is 1. The van der Waals surface area contributed by atoms with Crippen LogP contribution < -0.4 is 0 Å². The van der Waals surface area contributed by atoms with Gasteiger partial charge in [0.25, 0.3) is 0 Å². The van der Waals surface area contributed by atoms with Gasteiger partial charge in [-0.05, 0) is 83.1 Å². The minimum Gasteiger partial charge on any atom is -0.370 e. The summed E-state index contributed by atoms with van der Waals surface area (Å²) in [6.45, 7) is 11.4. The van der Waals surface area contributed by atoms with Crippen LogP contribution in [0.1, 0.15) is 34.2 Å². The van der Waals surface area contributed by atoms with Crippen LogP contribution in [-0.2, 0) is 32.5 Å². The summed E-state index contributed by atoms with van der Waals surface area (Å²) in [6.07, 6.45) is 1.68. The number of nitrogens with zero attached hydrogens (tertiary/aromatic N) is 4. The van der Waals surface area contributed by atoms with E-state index in [0.717, 1.165) is 60.4 Å². The lowest BCUT2D eigenvalue weighted by molar-refractivity contribution is -0.138. The van der Waals surface area contributed by atoms with E-state index in [1.54, 1.807) is 4.31 Å². The highest BCUT2D eigenvalue weighted by molar-refractivity contribution is 7.89. The molecule has 0 spiro atoms. The Morgan fingerprint density at radius 1 is 1.00 bits per heavy atom. The lowest BCUT2D eigenvalue weighted by Crippen LogP contribution is -2.50. The molecule has 2 aliphatic heterocycles. The van der Waals surface area contributed by atoms with Crippen molar-refractivity contribution in [3.63, 3.8) is 0 Å². The zero-order valence-corrected chi connectivity index (χ0v) is 25.0. The van der Waals surface area contributed by atoms with Crippen molar-refractivity contribution < 1.29 is 17.9 Å². The third-order valence-corrected chi connectivity index (χ3v) is 10.0. The van der Waals surface area contributed by atoms with Gasteiger partial charge in [0.15, 0.2) is 0 Å². The van der Waals surface area contributed by atoms with Gasteiger partial charge in [-0.2, -0.15) is 4.31 Å². The fourth-order valence-corrected chi connectivity index (χ4v) is 7.89. The van der Waals surface area contributed by atoms with Crippen molar-refractivity contribution in [1.82, 2.24) is 19.0 Å². The lowest BCUT2D eigenvalue weighted by atomic mass is 9.96. The molecule has 2 aliphatic rings. The van der Waals surface area contributed by atoms with Crippen LogP contribution in [-0.4, -0.2) is 106 Å². The number of aryl methyl sites for hydroxylation is 3. The van der Waals surface area contributed by atoms with Crippen molar-refractivity contribution in [3.05, 3.63) is 64.2 Å². The van der Waals surface area contributed by atoms with Gasteiger partial charge in [0.2, 0.25) is 15.9 Å². The Bertz CT molecular complexity index is 1230. The second-order valence-corrected chi connectivity index (χ2v) is 13.1. The van der Waals surface area contributed by atoms with Gasteiger partial charge >= 0.3 is 0 Å². The van der Waals surface area contributed by atoms with Crippen molar-refractivity contribution in [2.24, 2.45) is 0 Å².